The molecule has 7 heteroatoms. The average Bonchev–Trinajstić information content (AvgIpc) is 3.06. The molecule has 0 bridgehead atoms. The smallest absolute Gasteiger partial charge is 0.276 e. The van der Waals surface area contributed by atoms with Crippen molar-refractivity contribution < 1.29 is 9.53 Å². The van der Waals surface area contributed by atoms with E-state index in [1.807, 2.05) is 55.5 Å². The van der Waals surface area contributed by atoms with Gasteiger partial charge in [-0.3, -0.25) is 4.79 Å². The van der Waals surface area contributed by atoms with E-state index in [1.165, 1.54) is 11.8 Å². The van der Waals surface area contributed by atoms with Crippen molar-refractivity contribution in [2.75, 3.05) is 19.0 Å². The molecule has 0 amide bonds. The van der Waals surface area contributed by atoms with Gasteiger partial charge < -0.3 is 10.1 Å². The standard InChI is InChI=1S/C19H19ClN4O2/c1-13-3-7-15(8-4-13)18-22-19(24(23-18)17(25)12-26-2)21-11-14-5-9-16(20)10-6-14/h3-10H,11-12H2,1-2H3,(H,21,22,23). The van der Waals surface area contributed by atoms with Crippen molar-refractivity contribution >= 4 is 23.5 Å². The molecule has 0 atom stereocenters. The molecule has 0 saturated carbocycles. The Hall–Kier alpha value is -2.70. The molecular weight excluding hydrogens is 352 g/mol. The van der Waals surface area contributed by atoms with Gasteiger partial charge >= 0.3 is 0 Å². The summed E-state index contributed by atoms with van der Waals surface area (Å²) in [5.74, 6) is 0.558. The third-order valence-electron chi connectivity index (χ3n) is 3.78. The first kappa shape index (κ1) is 18.1. The summed E-state index contributed by atoms with van der Waals surface area (Å²) in [6.45, 7) is 2.42. The van der Waals surface area contributed by atoms with Crippen molar-refractivity contribution in [2.45, 2.75) is 13.5 Å². The highest BCUT2D eigenvalue weighted by Crippen LogP contribution is 2.19. The van der Waals surface area contributed by atoms with Crippen LogP contribution in [0.25, 0.3) is 11.4 Å². The summed E-state index contributed by atoms with van der Waals surface area (Å²) < 4.78 is 6.18. The maximum absolute atomic E-state index is 12.3. The number of halogens is 1. The van der Waals surface area contributed by atoms with Crippen LogP contribution in [0.5, 0.6) is 0 Å². The maximum Gasteiger partial charge on any atom is 0.276 e. The summed E-state index contributed by atoms with van der Waals surface area (Å²) >= 11 is 5.91. The minimum atomic E-state index is -0.294. The molecule has 0 radical (unpaired) electrons. The molecule has 0 fully saturated rings. The fourth-order valence-electron chi connectivity index (χ4n) is 2.39. The van der Waals surface area contributed by atoms with Crippen molar-refractivity contribution in [3.63, 3.8) is 0 Å². The van der Waals surface area contributed by atoms with Crippen molar-refractivity contribution in [1.82, 2.24) is 14.8 Å². The number of nitrogens with zero attached hydrogens (tertiary/aromatic N) is 3. The number of methoxy groups -OCH3 is 1. The highest BCUT2D eigenvalue weighted by Gasteiger charge is 2.17. The first-order valence-corrected chi connectivity index (χ1v) is 8.49. The van der Waals surface area contributed by atoms with Crippen molar-refractivity contribution in [1.29, 1.82) is 0 Å². The zero-order valence-corrected chi connectivity index (χ0v) is 15.3. The van der Waals surface area contributed by atoms with E-state index in [1.54, 1.807) is 0 Å². The topological polar surface area (TPSA) is 69.0 Å². The number of anilines is 1. The molecule has 0 aliphatic rings. The number of ether oxygens (including phenoxy) is 1. The highest BCUT2D eigenvalue weighted by atomic mass is 35.5. The Bertz CT molecular complexity index is 889. The Balaban J connectivity index is 1.87. The second kappa shape index (κ2) is 8.12. The summed E-state index contributed by atoms with van der Waals surface area (Å²) in [5.41, 5.74) is 3.00. The lowest BCUT2D eigenvalue weighted by Gasteiger charge is -2.07. The van der Waals surface area contributed by atoms with E-state index in [2.05, 4.69) is 15.4 Å². The quantitative estimate of drug-likeness (QED) is 0.714. The number of hydrogen-bond acceptors (Lipinski definition) is 5. The Kier molecular flexibility index (Phi) is 5.65. The Labute approximate surface area is 156 Å². The van der Waals surface area contributed by atoms with Gasteiger partial charge in [0.15, 0.2) is 5.82 Å². The van der Waals surface area contributed by atoms with Crippen LogP contribution in [0.15, 0.2) is 48.5 Å². The number of benzene rings is 2. The SMILES string of the molecule is COCC(=O)n1nc(-c2ccc(C)cc2)nc1NCc1ccc(Cl)cc1. The molecule has 134 valence electrons. The number of aromatic nitrogens is 3. The van der Waals surface area contributed by atoms with E-state index < -0.39 is 0 Å². The van der Waals surface area contributed by atoms with Crippen molar-refractivity contribution in [2.24, 2.45) is 0 Å². The first-order valence-electron chi connectivity index (χ1n) is 8.11. The minimum Gasteiger partial charge on any atom is -0.375 e. The summed E-state index contributed by atoms with van der Waals surface area (Å²) in [7, 11) is 1.47. The molecule has 1 aromatic heterocycles. The number of hydrogen-bond donors (Lipinski definition) is 1. The summed E-state index contributed by atoms with van der Waals surface area (Å²) in [6, 6.07) is 15.3. The predicted molar refractivity (Wildman–Crippen MR) is 101 cm³/mol. The number of carbonyl (C=O) groups is 1. The largest absolute Gasteiger partial charge is 0.375 e. The van der Waals surface area contributed by atoms with E-state index in [4.69, 9.17) is 16.3 Å². The van der Waals surface area contributed by atoms with Crippen molar-refractivity contribution in [3.8, 4) is 11.4 Å². The second-order valence-corrected chi connectivity index (χ2v) is 6.28. The van der Waals surface area contributed by atoms with Gasteiger partial charge in [0.05, 0.1) is 0 Å². The normalized spacial score (nSPS) is 10.7. The van der Waals surface area contributed by atoms with Gasteiger partial charge in [-0.15, -0.1) is 5.10 Å². The van der Waals surface area contributed by atoms with Crippen LogP contribution in [0.1, 0.15) is 15.9 Å². The molecule has 2 aromatic carbocycles. The molecule has 3 rings (SSSR count). The number of aryl methyl sites for hydroxylation is 1. The van der Waals surface area contributed by atoms with E-state index >= 15 is 0 Å². The third-order valence-corrected chi connectivity index (χ3v) is 4.04. The summed E-state index contributed by atoms with van der Waals surface area (Å²) in [4.78, 5) is 16.8. The van der Waals surface area contributed by atoms with E-state index in [0.29, 0.717) is 23.3 Å². The van der Waals surface area contributed by atoms with Crippen LogP contribution in [0, 0.1) is 6.92 Å². The molecule has 0 saturated heterocycles. The van der Waals surface area contributed by atoms with Crippen LogP contribution >= 0.6 is 11.6 Å². The van der Waals surface area contributed by atoms with Gasteiger partial charge in [0.25, 0.3) is 5.91 Å². The summed E-state index contributed by atoms with van der Waals surface area (Å²) in [6.07, 6.45) is 0. The molecule has 0 aliphatic heterocycles. The molecular formula is C19H19ClN4O2. The van der Waals surface area contributed by atoms with Gasteiger partial charge in [-0.25, -0.2) is 0 Å². The highest BCUT2D eigenvalue weighted by molar-refractivity contribution is 6.30. The maximum atomic E-state index is 12.3. The summed E-state index contributed by atoms with van der Waals surface area (Å²) in [5, 5.41) is 8.18. The number of rotatable bonds is 6. The van der Waals surface area contributed by atoms with Crippen LogP contribution in [0.2, 0.25) is 5.02 Å². The molecule has 0 unspecified atom stereocenters. The monoisotopic (exact) mass is 370 g/mol. The molecule has 26 heavy (non-hydrogen) atoms. The Morgan fingerprint density at radius 1 is 1.15 bits per heavy atom. The van der Waals surface area contributed by atoms with E-state index in [9.17, 15) is 4.79 Å². The second-order valence-electron chi connectivity index (χ2n) is 5.84. The van der Waals surface area contributed by atoms with Gasteiger partial charge in [-0.1, -0.05) is 53.6 Å². The molecule has 3 aromatic rings. The lowest BCUT2D eigenvalue weighted by molar-refractivity contribution is 0.0748. The van der Waals surface area contributed by atoms with Crippen molar-refractivity contribution in [3.05, 3.63) is 64.7 Å². The lowest BCUT2D eigenvalue weighted by atomic mass is 10.1. The fourth-order valence-corrected chi connectivity index (χ4v) is 2.52. The predicted octanol–water partition coefficient (Wildman–Crippen LogP) is 3.81. The van der Waals surface area contributed by atoms with Gasteiger partial charge in [0.2, 0.25) is 5.95 Å². The molecule has 0 aliphatic carbocycles. The molecule has 6 nitrogen and oxygen atoms in total. The van der Waals surface area contributed by atoms with Gasteiger partial charge in [0, 0.05) is 24.2 Å². The Morgan fingerprint density at radius 3 is 2.50 bits per heavy atom. The van der Waals surface area contributed by atoms with Crippen LogP contribution in [0.3, 0.4) is 0 Å². The minimum absolute atomic E-state index is 0.0771. The van der Waals surface area contributed by atoms with Gasteiger partial charge in [-0.2, -0.15) is 9.67 Å². The first-order chi connectivity index (χ1) is 12.6. The lowest BCUT2D eigenvalue weighted by Crippen LogP contribution is -2.20. The van der Waals surface area contributed by atoms with Crippen LogP contribution in [0.4, 0.5) is 5.95 Å². The molecule has 1 heterocycles. The van der Waals surface area contributed by atoms with Crippen LogP contribution in [-0.2, 0) is 11.3 Å². The number of nitrogens with one attached hydrogen (secondary N) is 1. The molecule has 0 spiro atoms. The van der Waals surface area contributed by atoms with E-state index in [-0.39, 0.29) is 12.5 Å². The third kappa shape index (κ3) is 4.28. The van der Waals surface area contributed by atoms with Gasteiger partial charge in [0.1, 0.15) is 6.61 Å². The van der Waals surface area contributed by atoms with Crippen LogP contribution < -0.4 is 5.32 Å². The zero-order valence-electron chi connectivity index (χ0n) is 14.6. The fraction of sp³-hybridized carbons (Fsp3) is 0.211. The van der Waals surface area contributed by atoms with E-state index in [0.717, 1.165) is 16.7 Å². The van der Waals surface area contributed by atoms with Gasteiger partial charge in [-0.05, 0) is 24.6 Å². The molecule has 1 N–H and O–H groups in total. The number of carbonyl (C=O) groups excluding carboxylic acids is 1. The average molecular weight is 371 g/mol. The zero-order chi connectivity index (χ0) is 18.5. The van der Waals surface area contributed by atoms with Crippen LogP contribution in [-0.4, -0.2) is 34.4 Å². The Morgan fingerprint density at radius 2 is 1.85 bits per heavy atom.